The number of halogens is 1. The number of hydrogen-bond donors (Lipinski definition) is 2. The first-order valence-corrected chi connectivity index (χ1v) is 5.58. The van der Waals surface area contributed by atoms with E-state index in [1.165, 1.54) is 30.3 Å². The minimum atomic E-state index is -0.635. The van der Waals surface area contributed by atoms with E-state index in [1.54, 1.807) is 0 Å². The maximum absolute atomic E-state index is 13.0. The Bertz CT molecular complexity index is 688. The molecular weight excluding hydrogens is 265 g/mol. The van der Waals surface area contributed by atoms with Crippen LogP contribution in [0.4, 0.5) is 21.5 Å². The van der Waals surface area contributed by atoms with Gasteiger partial charge in [-0.2, -0.15) is 0 Å². The van der Waals surface area contributed by atoms with Gasteiger partial charge in [-0.25, -0.2) is 4.39 Å². The van der Waals surface area contributed by atoms with Crippen molar-refractivity contribution >= 4 is 23.0 Å². The van der Waals surface area contributed by atoms with E-state index in [2.05, 4.69) is 5.32 Å². The molecule has 2 aromatic carbocycles. The van der Waals surface area contributed by atoms with E-state index in [4.69, 9.17) is 5.73 Å². The lowest BCUT2D eigenvalue weighted by molar-refractivity contribution is -0.383. The van der Waals surface area contributed by atoms with Crippen LogP contribution in [-0.2, 0) is 0 Å². The number of amides is 1. The monoisotopic (exact) mass is 275 g/mol. The highest BCUT2D eigenvalue weighted by atomic mass is 19.1. The minimum absolute atomic E-state index is 0.109. The molecular formula is C13H10FN3O3. The summed E-state index contributed by atoms with van der Waals surface area (Å²) in [4.78, 5) is 21.9. The summed E-state index contributed by atoms with van der Waals surface area (Å²) in [5.41, 5.74) is 5.55. The van der Waals surface area contributed by atoms with Crippen molar-refractivity contribution in [3.8, 4) is 0 Å². The molecule has 102 valence electrons. The molecule has 2 aromatic rings. The number of nitro benzene ring substituents is 1. The van der Waals surface area contributed by atoms with Crippen molar-refractivity contribution in [3.05, 3.63) is 64.0 Å². The fourth-order valence-electron chi connectivity index (χ4n) is 1.63. The smallest absolute Gasteiger partial charge is 0.292 e. The summed E-state index contributed by atoms with van der Waals surface area (Å²) in [7, 11) is 0. The van der Waals surface area contributed by atoms with Crippen LogP contribution >= 0.6 is 0 Å². The molecule has 0 heterocycles. The van der Waals surface area contributed by atoms with E-state index in [0.717, 1.165) is 12.1 Å². The van der Waals surface area contributed by atoms with E-state index >= 15 is 0 Å². The van der Waals surface area contributed by atoms with E-state index in [0.29, 0.717) is 0 Å². The predicted octanol–water partition coefficient (Wildman–Crippen LogP) is 2.57. The number of nitro groups is 1. The van der Waals surface area contributed by atoms with Gasteiger partial charge in [0.25, 0.3) is 11.6 Å². The molecule has 7 heteroatoms. The second kappa shape index (κ2) is 5.35. The standard InChI is InChI=1S/C13H10FN3O3/c14-9-2-1-3-10(7-9)16-13(18)8-4-5-12(17(19)20)11(15)6-8/h1-7H,15H2,(H,16,18). The van der Waals surface area contributed by atoms with Gasteiger partial charge in [-0.15, -0.1) is 0 Å². The Morgan fingerprint density at radius 1 is 1.25 bits per heavy atom. The highest BCUT2D eigenvalue weighted by Crippen LogP contribution is 2.22. The van der Waals surface area contributed by atoms with Crippen molar-refractivity contribution in [2.75, 3.05) is 11.1 Å². The Balaban J connectivity index is 2.22. The zero-order valence-electron chi connectivity index (χ0n) is 10.2. The van der Waals surface area contributed by atoms with Gasteiger partial charge in [-0.3, -0.25) is 14.9 Å². The molecule has 20 heavy (non-hydrogen) atoms. The summed E-state index contributed by atoms with van der Waals surface area (Å²) < 4.78 is 13.0. The molecule has 0 aliphatic heterocycles. The van der Waals surface area contributed by atoms with Crippen molar-refractivity contribution in [1.29, 1.82) is 0 Å². The number of nitrogens with two attached hydrogens (primary N) is 1. The molecule has 0 saturated carbocycles. The van der Waals surface area contributed by atoms with E-state index in [9.17, 15) is 19.3 Å². The van der Waals surface area contributed by atoms with Crippen molar-refractivity contribution in [2.24, 2.45) is 0 Å². The van der Waals surface area contributed by atoms with Gasteiger partial charge >= 0.3 is 0 Å². The van der Waals surface area contributed by atoms with Crippen LogP contribution in [0.25, 0.3) is 0 Å². The lowest BCUT2D eigenvalue weighted by Crippen LogP contribution is -2.12. The highest BCUT2D eigenvalue weighted by Gasteiger charge is 2.14. The zero-order valence-corrected chi connectivity index (χ0v) is 10.2. The molecule has 6 nitrogen and oxygen atoms in total. The van der Waals surface area contributed by atoms with Gasteiger partial charge < -0.3 is 11.1 Å². The first kappa shape index (κ1) is 13.5. The van der Waals surface area contributed by atoms with Crippen LogP contribution in [0.3, 0.4) is 0 Å². The van der Waals surface area contributed by atoms with Crippen LogP contribution in [0.5, 0.6) is 0 Å². The predicted molar refractivity (Wildman–Crippen MR) is 71.9 cm³/mol. The second-order valence-electron chi connectivity index (χ2n) is 4.00. The van der Waals surface area contributed by atoms with Crippen LogP contribution in [0.15, 0.2) is 42.5 Å². The number of carbonyl (C=O) groups excluding carboxylic acids is 1. The summed E-state index contributed by atoms with van der Waals surface area (Å²) in [6.07, 6.45) is 0. The number of anilines is 2. The Hall–Kier alpha value is -2.96. The minimum Gasteiger partial charge on any atom is -0.393 e. The topological polar surface area (TPSA) is 98.3 Å². The molecule has 3 N–H and O–H groups in total. The van der Waals surface area contributed by atoms with Crippen LogP contribution in [0.2, 0.25) is 0 Å². The third-order valence-corrected chi connectivity index (χ3v) is 2.57. The zero-order chi connectivity index (χ0) is 14.7. The highest BCUT2D eigenvalue weighted by molar-refractivity contribution is 6.05. The summed E-state index contributed by atoms with van der Waals surface area (Å²) in [6, 6.07) is 9.02. The van der Waals surface area contributed by atoms with Gasteiger partial charge in [-0.1, -0.05) is 6.07 Å². The number of nitrogen functional groups attached to an aromatic ring is 1. The molecule has 0 saturated heterocycles. The molecule has 0 atom stereocenters. The Kier molecular flexibility index (Phi) is 3.60. The Morgan fingerprint density at radius 3 is 2.60 bits per heavy atom. The largest absolute Gasteiger partial charge is 0.393 e. The van der Waals surface area contributed by atoms with E-state index < -0.39 is 16.6 Å². The number of carbonyl (C=O) groups is 1. The van der Waals surface area contributed by atoms with E-state index in [1.807, 2.05) is 0 Å². The lowest BCUT2D eigenvalue weighted by atomic mass is 10.1. The quantitative estimate of drug-likeness (QED) is 0.511. The number of benzene rings is 2. The van der Waals surface area contributed by atoms with Crippen molar-refractivity contribution in [3.63, 3.8) is 0 Å². The average molecular weight is 275 g/mol. The number of nitrogens with one attached hydrogen (secondary N) is 1. The summed E-state index contributed by atoms with van der Waals surface area (Å²) in [5, 5.41) is 13.1. The van der Waals surface area contributed by atoms with Crippen molar-refractivity contribution < 1.29 is 14.1 Å². The first-order chi connectivity index (χ1) is 9.47. The van der Waals surface area contributed by atoms with Crippen LogP contribution in [-0.4, -0.2) is 10.8 Å². The van der Waals surface area contributed by atoms with Gasteiger partial charge in [0.2, 0.25) is 0 Å². The molecule has 0 spiro atoms. The fourth-order valence-corrected chi connectivity index (χ4v) is 1.63. The summed E-state index contributed by atoms with van der Waals surface area (Å²) in [6.45, 7) is 0. The number of hydrogen-bond acceptors (Lipinski definition) is 4. The first-order valence-electron chi connectivity index (χ1n) is 5.58. The molecule has 0 bridgehead atoms. The maximum Gasteiger partial charge on any atom is 0.292 e. The molecule has 0 fully saturated rings. The molecule has 0 aliphatic rings. The Labute approximate surface area is 113 Å². The van der Waals surface area contributed by atoms with Gasteiger partial charge in [-0.05, 0) is 30.3 Å². The SMILES string of the molecule is Nc1cc(C(=O)Nc2cccc(F)c2)ccc1[N+](=O)[O-]. The normalized spacial score (nSPS) is 10.1. The molecule has 0 radical (unpaired) electrons. The number of nitrogens with zero attached hydrogens (tertiary/aromatic N) is 1. The van der Waals surface area contributed by atoms with Gasteiger partial charge in [0.15, 0.2) is 0 Å². The summed E-state index contributed by atoms with van der Waals surface area (Å²) in [5.74, 6) is -1.01. The lowest BCUT2D eigenvalue weighted by Gasteiger charge is -2.06. The van der Waals surface area contributed by atoms with Gasteiger partial charge in [0, 0.05) is 17.3 Å². The van der Waals surface area contributed by atoms with Gasteiger partial charge in [0.1, 0.15) is 11.5 Å². The molecule has 2 rings (SSSR count). The fraction of sp³-hybridized carbons (Fsp3) is 0. The second-order valence-corrected chi connectivity index (χ2v) is 4.00. The number of rotatable bonds is 3. The molecule has 0 aromatic heterocycles. The maximum atomic E-state index is 13.0. The Morgan fingerprint density at radius 2 is 2.00 bits per heavy atom. The van der Waals surface area contributed by atoms with Crippen molar-refractivity contribution in [1.82, 2.24) is 0 Å². The average Bonchev–Trinajstić information content (AvgIpc) is 2.38. The van der Waals surface area contributed by atoms with Crippen LogP contribution < -0.4 is 11.1 Å². The van der Waals surface area contributed by atoms with Crippen LogP contribution in [0, 0.1) is 15.9 Å². The molecule has 0 unspecified atom stereocenters. The molecule has 0 aliphatic carbocycles. The van der Waals surface area contributed by atoms with Gasteiger partial charge in [0.05, 0.1) is 4.92 Å². The third-order valence-electron chi connectivity index (χ3n) is 2.57. The van der Waals surface area contributed by atoms with E-state index in [-0.39, 0.29) is 22.6 Å². The molecule has 1 amide bonds. The third kappa shape index (κ3) is 2.89. The van der Waals surface area contributed by atoms with Crippen molar-refractivity contribution in [2.45, 2.75) is 0 Å². The summed E-state index contributed by atoms with van der Waals surface area (Å²) >= 11 is 0. The van der Waals surface area contributed by atoms with Crippen LogP contribution in [0.1, 0.15) is 10.4 Å².